The first-order chi connectivity index (χ1) is 12.6. The molecule has 1 aliphatic heterocycles. The van der Waals surface area contributed by atoms with Crippen LogP contribution < -0.4 is 15.4 Å². The fraction of sp³-hybridized carbons (Fsp3) is 0.318. The van der Waals surface area contributed by atoms with Crippen LogP contribution in [0.15, 0.2) is 48.5 Å². The van der Waals surface area contributed by atoms with Crippen LogP contribution in [0.4, 0.5) is 5.69 Å². The highest BCUT2D eigenvalue weighted by atomic mass is 16.5. The Morgan fingerprint density at radius 1 is 1.15 bits per heavy atom. The van der Waals surface area contributed by atoms with Crippen molar-refractivity contribution in [3.05, 3.63) is 59.7 Å². The quantitative estimate of drug-likeness (QED) is 0.831. The van der Waals surface area contributed by atoms with Crippen molar-refractivity contribution in [2.75, 3.05) is 11.9 Å². The summed E-state index contributed by atoms with van der Waals surface area (Å²) in [6.45, 7) is 4.92. The fourth-order valence-corrected chi connectivity index (χ4v) is 2.84. The summed E-state index contributed by atoms with van der Waals surface area (Å²) >= 11 is 0. The van der Waals surface area contributed by atoms with E-state index < -0.39 is 0 Å². The molecule has 2 N–H and O–H groups in total. The number of hydrogen-bond donors (Lipinski definition) is 2. The van der Waals surface area contributed by atoms with E-state index in [9.17, 15) is 4.79 Å². The van der Waals surface area contributed by atoms with Gasteiger partial charge in [0.05, 0.1) is 12.1 Å². The van der Waals surface area contributed by atoms with E-state index in [2.05, 4.69) is 22.5 Å². The van der Waals surface area contributed by atoms with Gasteiger partial charge in [-0.1, -0.05) is 17.9 Å². The molecule has 1 fully saturated rings. The summed E-state index contributed by atoms with van der Waals surface area (Å²) in [5.74, 6) is 7.15. The van der Waals surface area contributed by atoms with E-state index >= 15 is 0 Å². The molecule has 1 amide bonds. The molecule has 0 saturated carbocycles. The third kappa shape index (κ3) is 5.11. The lowest BCUT2D eigenvalue weighted by molar-refractivity contribution is -0.117. The van der Waals surface area contributed by atoms with Gasteiger partial charge in [0.1, 0.15) is 5.75 Å². The predicted octanol–water partition coefficient (Wildman–Crippen LogP) is 3.56. The van der Waals surface area contributed by atoms with Crippen molar-refractivity contribution in [3.8, 4) is 17.6 Å². The molecule has 0 bridgehead atoms. The smallest absolute Gasteiger partial charge is 0.241 e. The number of anilines is 1. The van der Waals surface area contributed by atoms with Gasteiger partial charge in [-0.25, -0.2) is 0 Å². The summed E-state index contributed by atoms with van der Waals surface area (Å²) in [7, 11) is 0. The van der Waals surface area contributed by atoms with E-state index in [1.165, 1.54) is 0 Å². The molecule has 2 aromatic rings. The minimum atomic E-state index is -0.0743. The van der Waals surface area contributed by atoms with Gasteiger partial charge >= 0.3 is 0 Å². The zero-order chi connectivity index (χ0) is 18.4. The van der Waals surface area contributed by atoms with Crippen molar-refractivity contribution in [1.82, 2.24) is 5.32 Å². The number of carbonyl (C=O) groups excluding carboxylic acids is 1. The maximum atomic E-state index is 12.1. The van der Waals surface area contributed by atoms with Crippen LogP contribution in [0.2, 0.25) is 0 Å². The number of benzene rings is 2. The Labute approximate surface area is 155 Å². The topological polar surface area (TPSA) is 50.4 Å². The van der Waals surface area contributed by atoms with Crippen LogP contribution in [-0.4, -0.2) is 24.6 Å². The van der Waals surface area contributed by atoms with Crippen LogP contribution >= 0.6 is 0 Å². The van der Waals surface area contributed by atoms with Crippen LogP contribution in [0.25, 0.3) is 0 Å². The van der Waals surface area contributed by atoms with Gasteiger partial charge in [-0.15, -0.1) is 0 Å². The molecule has 3 rings (SSSR count). The number of hydrogen-bond acceptors (Lipinski definition) is 3. The monoisotopic (exact) mass is 348 g/mol. The van der Waals surface area contributed by atoms with Crippen molar-refractivity contribution in [2.24, 2.45) is 0 Å². The highest BCUT2D eigenvalue weighted by Gasteiger charge is 2.21. The van der Waals surface area contributed by atoms with Gasteiger partial charge in [0.2, 0.25) is 5.91 Å². The van der Waals surface area contributed by atoms with E-state index in [-0.39, 0.29) is 18.1 Å². The second-order valence-corrected chi connectivity index (χ2v) is 6.66. The molecule has 4 heteroatoms. The third-order valence-electron chi connectivity index (χ3n) is 4.09. The minimum Gasteiger partial charge on any atom is -0.491 e. The Balaban J connectivity index is 1.63. The van der Waals surface area contributed by atoms with Gasteiger partial charge in [-0.3, -0.25) is 4.79 Å². The summed E-state index contributed by atoms with van der Waals surface area (Å²) in [5, 5.41) is 6.14. The fourth-order valence-electron chi connectivity index (χ4n) is 2.84. The lowest BCUT2D eigenvalue weighted by Crippen LogP contribution is -2.35. The SMILES string of the molecule is CC(C)Oc1cccc(C#Cc2ccc(NC(=O)[C@H]3CCCN3)cc2)c1. The van der Waals surface area contributed by atoms with Gasteiger partial charge in [0.25, 0.3) is 0 Å². The van der Waals surface area contributed by atoms with Crippen LogP contribution in [0.3, 0.4) is 0 Å². The van der Waals surface area contributed by atoms with Crippen LogP contribution in [0.5, 0.6) is 5.75 Å². The second-order valence-electron chi connectivity index (χ2n) is 6.66. The Kier molecular flexibility index (Phi) is 5.93. The van der Waals surface area contributed by atoms with Gasteiger partial charge in [-0.05, 0) is 75.7 Å². The summed E-state index contributed by atoms with van der Waals surface area (Å²) < 4.78 is 5.69. The molecular weight excluding hydrogens is 324 g/mol. The zero-order valence-corrected chi connectivity index (χ0v) is 15.2. The summed E-state index contributed by atoms with van der Waals surface area (Å²) in [6, 6.07) is 15.3. The molecule has 0 spiro atoms. The van der Waals surface area contributed by atoms with Crippen LogP contribution in [-0.2, 0) is 4.79 Å². The van der Waals surface area contributed by atoms with Crippen molar-refractivity contribution in [1.29, 1.82) is 0 Å². The van der Waals surface area contributed by atoms with Crippen molar-refractivity contribution in [2.45, 2.75) is 38.8 Å². The highest BCUT2D eigenvalue weighted by Crippen LogP contribution is 2.15. The molecule has 134 valence electrons. The Morgan fingerprint density at radius 3 is 2.62 bits per heavy atom. The van der Waals surface area contributed by atoms with E-state index in [4.69, 9.17) is 4.74 Å². The summed E-state index contributed by atoms with van der Waals surface area (Å²) in [6.07, 6.45) is 2.09. The Morgan fingerprint density at radius 2 is 1.92 bits per heavy atom. The maximum Gasteiger partial charge on any atom is 0.241 e. The van der Waals surface area contributed by atoms with Gasteiger partial charge in [-0.2, -0.15) is 0 Å². The average molecular weight is 348 g/mol. The first-order valence-corrected chi connectivity index (χ1v) is 9.03. The Bertz CT molecular complexity index is 810. The van der Waals surface area contributed by atoms with E-state index in [0.29, 0.717) is 0 Å². The van der Waals surface area contributed by atoms with Gasteiger partial charge in [0.15, 0.2) is 0 Å². The second kappa shape index (κ2) is 8.55. The minimum absolute atomic E-state index is 0.0308. The van der Waals surface area contributed by atoms with Crippen molar-refractivity contribution in [3.63, 3.8) is 0 Å². The number of rotatable bonds is 4. The average Bonchev–Trinajstić information content (AvgIpc) is 3.16. The lowest BCUT2D eigenvalue weighted by atomic mass is 10.1. The van der Waals surface area contributed by atoms with E-state index in [1.807, 2.05) is 62.4 Å². The molecule has 1 atom stereocenters. The molecule has 26 heavy (non-hydrogen) atoms. The number of carbonyl (C=O) groups is 1. The molecule has 4 nitrogen and oxygen atoms in total. The molecule has 0 radical (unpaired) electrons. The van der Waals surface area contributed by atoms with Crippen LogP contribution in [0, 0.1) is 11.8 Å². The molecular formula is C22H24N2O2. The summed E-state index contributed by atoms with van der Waals surface area (Å²) in [4.78, 5) is 12.1. The largest absolute Gasteiger partial charge is 0.491 e. The summed E-state index contributed by atoms with van der Waals surface area (Å²) in [5.41, 5.74) is 2.60. The first-order valence-electron chi connectivity index (χ1n) is 9.03. The van der Waals surface area contributed by atoms with Gasteiger partial charge < -0.3 is 15.4 Å². The highest BCUT2D eigenvalue weighted by molar-refractivity contribution is 5.95. The predicted molar refractivity (Wildman–Crippen MR) is 104 cm³/mol. The number of amides is 1. The van der Waals surface area contributed by atoms with Gasteiger partial charge in [0, 0.05) is 16.8 Å². The molecule has 1 aliphatic rings. The molecule has 1 heterocycles. The molecule has 0 aliphatic carbocycles. The standard InChI is InChI=1S/C22H24N2O2/c1-16(2)26-20-6-3-5-18(15-20)9-8-17-10-12-19(13-11-17)24-22(25)21-7-4-14-23-21/h3,5-6,10-13,15-16,21,23H,4,7,14H2,1-2H3,(H,24,25)/t21-/m1/s1. The van der Waals surface area contributed by atoms with Crippen molar-refractivity contribution < 1.29 is 9.53 Å². The van der Waals surface area contributed by atoms with E-state index in [1.54, 1.807) is 0 Å². The van der Waals surface area contributed by atoms with E-state index in [0.717, 1.165) is 42.0 Å². The number of nitrogens with one attached hydrogen (secondary N) is 2. The normalized spacial score (nSPS) is 16.0. The molecule has 0 unspecified atom stereocenters. The maximum absolute atomic E-state index is 12.1. The molecule has 1 saturated heterocycles. The Hall–Kier alpha value is -2.77. The van der Waals surface area contributed by atoms with Crippen LogP contribution in [0.1, 0.15) is 37.8 Å². The van der Waals surface area contributed by atoms with Crippen molar-refractivity contribution >= 4 is 11.6 Å². The first kappa shape index (κ1) is 18.0. The zero-order valence-electron chi connectivity index (χ0n) is 15.2. The molecule has 0 aromatic heterocycles. The third-order valence-corrected chi connectivity index (χ3v) is 4.09. The molecule has 2 aromatic carbocycles. The number of ether oxygens (including phenoxy) is 1. The lowest BCUT2D eigenvalue weighted by Gasteiger charge is -2.10.